The predicted molar refractivity (Wildman–Crippen MR) is 91.4 cm³/mol. The molecule has 1 saturated heterocycles. The molecule has 2 aromatic rings. The van der Waals surface area contributed by atoms with Gasteiger partial charge < -0.3 is 4.57 Å². The van der Waals surface area contributed by atoms with Crippen LogP contribution in [0.2, 0.25) is 0 Å². The van der Waals surface area contributed by atoms with E-state index in [1.165, 1.54) is 4.90 Å². The fourth-order valence-electron chi connectivity index (χ4n) is 2.69. The molecule has 2 aromatic heterocycles. The van der Waals surface area contributed by atoms with Gasteiger partial charge in [0.15, 0.2) is 0 Å². The van der Waals surface area contributed by atoms with Crippen LogP contribution in [-0.2, 0) is 4.79 Å². The minimum absolute atomic E-state index is 0.206. The molecule has 2 amide bonds. The van der Waals surface area contributed by atoms with Gasteiger partial charge in [0, 0.05) is 24.1 Å². The van der Waals surface area contributed by atoms with Gasteiger partial charge in [-0.2, -0.15) is 0 Å². The van der Waals surface area contributed by atoms with Crippen LogP contribution in [-0.4, -0.2) is 32.1 Å². The molecule has 1 aliphatic heterocycles. The summed E-state index contributed by atoms with van der Waals surface area (Å²) in [5.41, 5.74) is 2.95. The van der Waals surface area contributed by atoms with E-state index in [2.05, 4.69) is 4.98 Å². The number of nitrogens with zero attached hydrogens (tertiary/aromatic N) is 3. The SMILES string of the molecule is CCN1C(=O)S/C(=C/c2cc(C)n(-c3ccccn3)c2C)C1=O. The Bertz CT molecular complexity index is 809. The van der Waals surface area contributed by atoms with Crippen molar-refractivity contribution in [1.82, 2.24) is 14.5 Å². The zero-order valence-electron chi connectivity index (χ0n) is 13.2. The second kappa shape index (κ2) is 6.04. The van der Waals surface area contributed by atoms with E-state index in [0.29, 0.717) is 11.4 Å². The van der Waals surface area contributed by atoms with E-state index in [-0.39, 0.29) is 11.1 Å². The van der Waals surface area contributed by atoms with Crippen molar-refractivity contribution in [1.29, 1.82) is 0 Å². The third-order valence-electron chi connectivity index (χ3n) is 3.83. The second-order valence-corrected chi connectivity index (χ2v) is 6.27. The van der Waals surface area contributed by atoms with Gasteiger partial charge in [-0.3, -0.25) is 14.5 Å². The minimum Gasteiger partial charge on any atom is -0.303 e. The normalized spacial score (nSPS) is 16.7. The molecule has 0 saturated carbocycles. The summed E-state index contributed by atoms with van der Waals surface area (Å²) in [7, 11) is 0. The Morgan fingerprint density at radius 3 is 2.65 bits per heavy atom. The monoisotopic (exact) mass is 327 g/mol. The van der Waals surface area contributed by atoms with Crippen molar-refractivity contribution in [3.8, 4) is 5.82 Å². The Labute approximate surface area is 139 Å². The number of hydrogen-bond acceptors (Lipinski definition) is 4. The Balaban J connectivity index is 2.02. The highest BCUT2D eigenvalue weighted by Crippen LogP contribution is 2.33. The number of thioether (sulfide) groups is 1. The van der Waals surface area contributed by atoms with Crippen molar-refractivity contribution in [2.24, 2.45) is 0 Å². The predicted octanol–water partition coefficient (Wildman–Crippen LogP) is 3.55. The number of pyridine rings is 1. The van der Waals surface area contributed by atoms with Crippen molar-refractivity contribution >= 4 is 29.0 Å². The summed E-state index contributed by atoms with van der Waals surface area (Å²) in [5.74, 6) is 0.619. The van der Waals surface area contributed by atoms with Crippen LogP contribution >= 0.6 is 11.8 Å². The molecule has 118 valence electrons. The van der Waals surface area contributed by atoms with E-state index in [1.807, 2.05) is 42.7 Å². The van der Waals surface area contributed by atoms with Crippen LogP contribution < -0.4 is 0 Å². The maximum Gasteiger partial charge on any atom is 0.293 e. The van der Waals surface area contributed by atoms with Crippen LogP contribution in [0.15, 0.2) is 35.4 Å². The summed E-state index contributed by atoms with van der Waals surface area (Å²) in [4.78, 5) is 30.1. The molecule has 0 bridgehead atoms. The van der Waals surface area contributed by atoms with Gasteiger partial charge in [-0.15, -0.1) is 0 Å². The van der Waals surface area contributed by atoms with Gasteiger partial charge in [-0.05, 0) is 62.4 Å². The van der Waals surface area contributed by atoms with Gasteiger partial charge in [0.25, 0.3) is 11.1 Å². The van der Waals surface area contributed by atoms with Crippen LogP contribution in [0.1, 0.15) is 23.9 Å². The quantitative estimate of drug-likeness (QED) is 0.809. The first-order valence-corrected chi connectivity index (χ1v) is 8.20. The van der Waals surface area contributed by atoms with Crippen molar-refractivity contribution in [3.63, 3.8) is 0 Å². The number of imide groups is 1. The molecule has 0 aliphatic carbocycles. The number of aryl methyl sites for hydroxylation is 1. The Kier molecular flexibility index (Phi) is 4.09. The maximum atomic E-state index is 12.2. The highest BCUT2D eigenvalue weighted by Gasteiger charge is 2.33. The zero-order chi connectivity index (χ0) is 16.6. The molecule has 5 nitrogen and oxygen atoms in total. The van der Waals surface area contributed by atoms with E-state index in [9.17, 15) is 9.59 Å². The summed E-state index contributed by atoms with van der Waals surface area (Å²) in [5, 5.41) is -0.206. The number of amides is 2. The Hall–Kier alpha value is -2.34. The van der Waals surface area contributed by atoms with Crippen molar-refractivity contribution < 1.29 is 9.59 Å². The fourth-order valence-corrected chi connectivity index (χ4v) is 3.58. The summed E-state index contributed by atoms with van der Waals surface area (Å²) in [6.45, 7) is 6.18. The maximum absolute atomic E-state index is 12.2. The summed E-state index contributed by atoms with van der Waals surface area (Å²) in [6.07, 6.45) is 3.54. The molecular formula is C17H17N3O2S. The highest BCUT2D eigenvalue weighted by atomic mass is 32.2. The van der Waals surface area contributed by atoms with E-state index in [0.717, 1.165) is 34.5 Å². The molecule has 0 spiro atoms. The van der Waals surface area contributed by atoms with Gasteiger partial charge in [-0.25, -0.2) is 4.98 Å². The lowest BCUT2D eigenvalue weighted by atomic mass is 10.2. The lowest BCUT2D eigenvalue weighted by molar-refractivity contribution is -0.122. The molecule has 0 N–H and O–H groups in total. The Morgan fingerprint density at radius 1 is 1.26 bits per heavy atom. The van der Waals surface area contributed by atoms with E-state index < -0.39 is 0 Å². The third-order valence-corrected chi connectivity index (χ3v) is 4.73. The van der Waals surface area contributed by atoms with Crippen molar-refractivity contribution in [2.75, 3.05) is 6.54 Å². The second-order valence-electron chi connectivity index (χ2n) is 5.28. The van der Waals surface area contributed by atoms with Gasteiger partial charge in [0.2, 0.25) is 0 Å². The fraction of sp³-hybridized carbons (Fsp3) is 0.235. The molecule has 1 aliphatic rings. The molecule has 3 rings (SSSR count). The number of rotatable bonds is 3. The van der Waals surface area contributed by atoms with Crippen LogP contribution in [0.4, 0.5) is 4.79 Å². The number of likely N-dealkylation sites (N-methyl/N-ethyl adjacent to an activating group) is 1. The highest BCUT2D eigenvalue weighted by molar-refractivity contribution is 8.18. The first-order chi connectivity index (χ1) is 11.0. The number of hydrogen-bond donors (Lipinski definition) is 0. The van der Waals surface area contributed by atoms with E-state index in [1.54, 1.807) is 19.2 Å². The molecule has 1 fully saturated rings. The molecule has 3 heterocycles. The van der Waals surface area contributed by atoms with Gasteiger partial charge in [0.1, 0.15) is 5.82 Å². The minimum atomic E-state index is -0.217. The lowest BCUT2D eigenvalue weighted by Gasteiger charge is -2.08. The van der Waals surface area contributed by atoms with Crippen LogP contribution in [0.25, 0.3) is 11.9 Å². The summed E-state index contributed by atoms with van der Waals surface area (Å²) >= 11 is 0.994. The van der Waals surface area contributed by atoms with Crippen molar-refractivity contribution in [2.45, 2.75) is 20.8 Å². The average Bonchev–Trinajstić information content (AvgIpc) is 2.96. The number of carbonyl (C=O) groups excluding carboxylic acids is 2. The molecule has 0 radical (unpaired) electrons. The molecule has 6 heteroatoms. The Morgan fingerprint density at radius 2 is 2.04 bits per heavy atom. The first kappa shape index (κ1) is 15.6. The smallest absolute Gasteiger partial charge is 0.293 e. The van der Waals surface area contributed by atoms with Gasteiger partial charge in [0.05, 0.1) is 4.91 Å². The van der Waals surface area contributed by atoms with Crippen molar-refractivity contribution in [3.05, 3.63) is 52.3 Å². The molecule has 0 unspecified atom stereocenters. The average molecular weight is 327 g/mol. The summed E-state index contributed by atoms with van der Waals surface area (Å²) in [6, 6.07) is 7.76. The number of carbonyl (C=O) groups is 2. The largest absolute Gasteiger partial charge is 0.303 e. The van der Waals surface area contributed by atoms with Crippen LogP contribution in [0.5, 0.6) is 0 Å². The van der Waals surface area contributed by atoms with E-state index >= 15 is 0 Å². The number of aromatic nitrogens is 2. The molecular weight excluding hydrogens is 310 g/mol. The molecule has 0 aromatic carbocycles. The third kappa shape index (κ3) is 2.70. The summed E-state index contributed by atoms with van der Waals surface area (Å²) < 4.78 is 2.04. The standard InChI is InChI=1S/C17H17N3O2S/c1-4-19-16(21)14(23-17(19)22)10-13-9-11(2)20(12(13)3)15-7-5-6-8-18-15/h5-10H,4H2,1-3H3/b14-10+. The topological polar surface area (TPSA) is 55.2 Å². The van der Waals surface area contributed by atoms with Crippen LogP contribution in [0, 0.1) is 13.8 Å². The van der Waals surface area contributed by atoms with Crippen LogP contribution in [0.3, 0.4) is 0 Å². The van der Waals surface area contributed by atoms with E-state index in [4.69, 9.17) is 0 Å². The molecule has 23 heavy (non-hydrogen) atoms. The first-order valence-electron chi connectivity index (χ1n) is 7.38. The zero-order valence-corrected chi connectivity index (χ0v) is 14.1. The van der Waals surface area contributed by atoms with Gasteiger partial charge in [-0.1, -0.05) is 6.07 Å². The lowest BCUT2D eigenvalue weighted by Crippen LogP contribution is -2.27. The molecule has 0 atom stereocenters. The van der Waals surface area contributed by atoms with Gasteiger partial charge >= 0.3 is 0 Å².